The van der Waals surface area contributed by atoms with Crippen molar-refractivity contribution >= 4 is 11.0 Å². The maximum atomic E-state index is 13.4. The second kappa shape index (κ2) is 8.29. The van der Waals surface area contributed by atoms with Crippen LogP contribution in [0.5, 0.6) is 0 Å². The van der Waals surface area contributed by atoms with E-state index in [9.17, 15) is 14.3 Å². The van der Waals surface area contributed by atoms with Gasteiger partial charge in [-0.2, -0.15) is 5.10 Å². The van der Waals surface area contributed by atoms with Crippen molar-refractivity contribution in [3.8, 4) is 5.69 Å². The molecule has 0 saturated carbocycles. The van der Waals surface area contributed by atoms with Crippen molar-refractivity contribution in [1.29, 1.82) is 0 Å². The number of rotatable bonds is 5. The average molecular weight is 433 g/mol. The topological polar surface area (TPSA) is 76.2 Å². The second-order valence-electron chi connectivity index (χ2n) is 8.44. The molecule has 0 radical (unpaired) electrons. The molecule has 1 fully saturated rings. The Bertz CT molecular complexity index is 1290. The van der Waals surface area contributed by atoms with E-state index in [1.54, 1.807) is 10.7 Å². The highest BCUT2D eigenvalue weighted by Gasteiger charge is 2.33. The molecule has 2 aromatic carbocycles. The Labute approximate surface area is 184 Å². The van der Waals surface area contributed by atoms with Crippen LogP contribution in [-0.2, 0) is 13.1 Å². The molecule has 8 heteroatoms. The number of hydrogen-bond donors (Lipinski definition) is 1. The van der Waals surface area contributed by atoms with Crippen molar-refractivity contribution < 1.29 is 9.50 Å². The van der Waals surface area contributed by atoms with Crippen LogP contribution in [0.2, 0.25) is 0 Å². The fourth-order valence-corrected chi connectivity index (χ4v) is 4.32. The maximum absolute atomic E-state index is 13.4. The molecular weight excluding hydrogens is 409 g/mol. The Balaban J connectivity index is 1.30. The molecule has 0 bridgehead atoms. The van der Waals surface area contributed by atoms with E-state index >= 15 is 0 Å². The van der Waals surface area contributed by atoms with Gasteiger partial charge in [-0.25, -0.2) is 14.1 Å². The van der Waals surface area contributed by atoms with Crippen LogP contribution in [0.3, 0.4) is 0 Å². The largest absolute Gasteiger partial charge is 0.388 e. The number of likely N-dealkylation sites (tertiary alicyclic amines) is 1. The van der Waals surface area contributed by atoms with Gasteiger partial charge in [0.25, 0.3) is 5.56 Å². The third kappa shape index (κ3) is 4.06. The van der Waals surface area contributed by atoms with E-state index in [-0.39, 0.29) is 17.9 Å². The third-order valence-corrected chi connectivity index (χ3v) is 6.10. The summed E-state index contributed by atoms with van der Waals surface area (Å²) in [5.74, 6) is -0.242. The number of hydrogen-bond acceptors (Lipinski definition) is 5. The van der Waals surface area contributed by atoms with Crippen molar-refractivity contribution in [2.45, 2.75) is 31.5 Å². The molecule has 5 rings (SSSR count). The lowest BCUT2D eigenvalue weighted by Crippen LogP contribution is -2.47. The van der Waals surface area contributed by atoms with Gasteiger partial charge in [0.15, 0.2) is 5.65 Å². The van der Waals surface area contributed by atoms with E-state index < -0.39 is 5.60 Å². The van der Waals surface area contributed by atoms with E-state index in [1.807, 2.05) is 36.4 Å². The Kier molecular flexibility index (Phi) is 5.32. The number of para-hydroxylation sites is 1. The van der Waals surface area contributed by atoms with Crippen molar-refractivity contribution in [2.75, 3.05) is 13.1 Å². The first-order chi connectivity index (χ1) is 15.5. The van der Waals surface area contributed by atoms with Crippen molar-refractivity contribution in [1.82, 2.24) is 24.2 Å². The number of halogens is 1. The maximum Gasteiger partial charge on any atom is 0.264 e. The van der Waals surface area contributed by atoms with Gasteiger partial charge >= 0.3 is 0 Å². The van der Waals surface area contributed by atoms with E-state index in [1.165, 1.54) is 29.2 Å². The van der Waals surface area contributed by atoms with Crippen LogP contribution < -0.4 is 5.56 Å². The first kappa shape index (κ1) is 20.5. The summed E-state index contributed by atoms with van der Waals surface area (Å²) in [5.41, 5.74) is 1.03. The van der Waals surface area contributed by atoms with Crippen LogP contribution in [0.25, 0.3) is 16.7 Å². The summed E-state index contributed by atoms with van der Waals surface area (Å²) in [4.78, 5) is 19.7. The van der Waals surface area contributed by atoms with Crippen LogP contribution >= 0.6 is 0 Å². The van der Waals surface area contributed by atoms with Gasteiger partial charge in [-0.1, -0.05) is 30.3 Å². The minimum absolute atomic E-state index is 0.180. The molecule has 4 aromatic rings. The van der Waals surface area contributed by atoms with Crippen molar-refractivity contribution in [3.05, 3.63) is 88.9 Å². The number of piperidine rings is 1. The molecule has 2 aromatic heterocycles. The summed E-state index contributed by atoms with van der Waals surface area (Å²) in [6.45, 7) is 2.16. The van der Waals surface area contributed by atoms with E-state index in [4.69, 9.17) is 0 Å². The Hall–Kier alpha value is -3.36. The van der Waals surface area contributed by atoms with Crippen molar-refractivity contribution in [3.63, 3.8) is 0 Å². The van der Waals surface area contributed by atoms with Gasteiger partial charge in [-0.05, 0) is 42.7 Å². The highest BCUT2D eigenvalue weighted by molar-refractivity contribution is 5.74. The van der Waals surface area contributed by atoms with Crippen LogP contribution in [0, 0.1) is 5.82 Å². The van der Waals surface area contributed by atoms with Gasteiger partial charge in [-0.3, -0.25) is 14.3 Å². The molecule has 0 aliphatic carbocycles. The van der Waals surface area contributed by atoms with Gasteiger partial charge in [0.05, 0.1) is 24.0 Å². The fourth-order valence-electron chi connectivity index (χ4n) is 4.32. The molecule has 0 unspecified atom stereocenters. The monoisotopic (exact) mass is 433 g/mol. The predicted molar refractivity (Wildman–Crippen MR) is 119 cm³/mol. The number of aliphatic hydroxyl groups is 1. The molecule has 32 heavy (non-hydrogen) atoms. The van der Waals surface area contributed by atoms with Crippen molar-refractivity contribution in [2.24, 2.45) is 0 Å². The molecule has 0 spiro atoms. The smallest absolute Gasteiger partial charge is 0.264 e. The summed E-state index contributed by atoms with van der Waals surface area (Å²) in [7, 11) is 0. The molecule has 7 nitrogen and oxygen atoms in total. The SMILES string of the molecule is O=c1c2cnn(-c3ccccc3)c2ncn1CC1(O)CCN(Cc2cccc(F)c2)CC1. The number of nitrogens with zero attached hydrogens (tertiary/aromatic N) is 5. The van der Waals surface area contributed by atoms with Gasteiger partial charge in [0.2, 0.25) is 0 Å². The van der Waals surface area contributed by atoms with Gasteiger partial charge in [0.1, 0.15) is 17.5 Å². The Morgan fingerprint density at radius 3 is 2.59 bits per heavy atom. The molecule has 3 heterocycles. The summed E-state index contributed by atoms with van der Waals surface area (Å²) >= 11 is 0. The summed E-state index contributed by atoms with van der Waals surface area (Å²) in [5, 5.41) is 15.9. The molecule has 1 N–H and O–H groups in total. The quantitative estimate of drug-likeness (QED) is 0.524. The first-order valence-electron chi connectivity index (χ1n) is 10.7. The minimum atomic E-state index is -0.993. The van der Waals surface area contributed by atoms with Crippen LogP contribution in [-0.4, -0.2) is 48.0 Å². The van der Waals surface area contributed by atoms with Gasteiger partial charge < -0.3 is 5.11 Å². The normalized spacial score (nSPS) is 16.4. The third-order valence-electron chi connectivity index (χ3n) is 6.10. The van der Waals surface area contributed by atoms with E-state index in [2.05, 4.69) is 15.0 Å². The summed E-state index contributed by atoms with van der Waals surface area (Å²) in [6.07, 6.45) is 4.06. The second-order valence-corrected chi connectivity index (χ2v) is 8.44. The van der Waals surface area contributed by atoms with Gasteiger partial charge in [-0.15, -0.1) is 0 Å². The molecule has 164 valence electrons. The fraction of sp³-hybridized carbons (Fsp3) is 0.292. The summed E-state index contributed by atoms with van der Waals surface area (Å²) < 4.78 is 16.5. The minimum Gasteiger partial charge on any atom is -0.388 e. The van der Waals surface area contributed by atoms with Crippen LogP contribution in [0.1, 0.15) is 18.4 Å². The number of aromatic nitrogens is 4. The number of benzene rings is 2. The zero-order valence-electron chi connectivity index (χ0n) is 17.6. The Morgan fingerprint density at radius 2 is 1.84 bits per heavy atom. The standard InChI is InChI=1S/C24H24FN5O2/c25-19-6-4-5-18(13-19)15-28-11-9-24(32,10-12-28)16-29-17-26-22-21(23(29)31)14-27-30(22)20-7-2-1-3-8-20/h1-8,13-14,17,32H,9-12,15-16H2. The zero-order valence-corrected chi connectivity index (χ0v) is 17.6. The highest BCUT2D eigenvalue weighted by atomic mass is 19.1. The molecule has 1 aliphatic heterocycles. The zero-order chi connectivity index (χ0) is 22.1. The van der Waals surface area contributed by atoms with Gasteiger partial charge in [0, 0.05) is 19.6 Å². The predicted octanol–water partition coefficient (Wildman–Crippen LogP) is 2.75. The van der Waals surface area contributed by atoms with E-state index in [0.717, 1.165) is 11.3 Å². The lowest BCUT2D eigenvalue weighted by atomic mass is 9.91. The highest BCUT2D eigenvalue weighted by Crippen LogP contribution is 2.25. The molecular formula is C24H24FN5O2. The van der Waals surface area contributed by atoms with Crippen LogP contribution in [0.15, 0.2) is 71.9 Å². The summed E-state index contributed by atoms with van der Waals surface area (Å²) in [6, 6.07) is 16.1. The molecule has 1 aliphatic rings. The van der Waals surface area contributed by atoms with E-state index in [0.29, 0.717) is 43.5 Å². The van der Waals surface area contributed by atoms with Crippen LogP contribution in [0.4, 0.5) is 4.39 Å². The molecule has 0 atom stereocenters. The lowest BCUT2D eigenvalue weighted by molar-refractivity contribution is -0.0365. The molecule has 0 amide bonds. The first-order valence-corrected chi connectivity index (χ1v) is 10.7. The number of fused-ring (bicyclic) bond motifs is 1. The average Bonchev–Trinajstić information content (AvgIpc) is 3.23. The molecule has 1 saturated heterocycles. The lowest BCUT2D eigenvalue weighted by Gasteiger charge is -2.38. The Morgan fingerprint density at radius 1 is 1.06 bits per heavy atom.